The lowest BCUT2D eigenvalue weighted by Gasteiger charge is -2.10. The normalized spacial score (nSPS) is 11.3. The topological polar surface area (TPSA) is 93.3 Å². The molecule has 28 heavy (non-hydrogen) atoms. The maximum atomic E-state index is 12.1. The minimum atomic E-state index is -0.736. The number of carbonyl (C=O) groups is 2. The SMILES string of the molecule is CCc1cc(C=C(NC(=O)OCc2ccccc2)C(=O)OC)cc2cn[nH]c12. The van der Waals surface area contributed by atoms with Crippen LogP contribution in [0.3, 0.4) is 0 Å². The summed E-state index contributed by atoms with van der Waals surface area (Å²) in [6, 6.07) is 13.1. The zero-order valence-corrected chi connectivity index (χ0v) is 15.7. The van der Waals surface area contributed by atoms with Crippen LogP contribution in [0, 0.1) is 0 Å². The van der Waals surface area contributed by atoms with Crippen LogP contribution in [-0.2, 0) is 27.3 Å². The van der Waals surface area contributed by atoms with E-state index in [4.69, 9.17) is 9.47 Å². The number of esters is 1. The fraction of sp³-hybridized carbons (Fsp3) is 0.190. The van der Waals surface area contributed by atoms with E-state index in [0.29, 0.717) is 0 Å². The molecule has 0 radical (unpaired) electrons. The van der Waals surface area contributed by atoms with Gasteiger partial charge in [0.1, 0.15) is 12.3 Å². The first-order valence-electron chi connectivity index (χ1n) is 8.84. The number of nitrogens with one attached hydrogen (secondary N) is 2. The Balaban J connectivity index is 1.79. The van der Waals surface area contributed by atoms with Crippen LogP contribution in [0.5, 0.6) is 0 Å². The largest absolute Gasteiger partial charge is 0.464 e. The van der Waals surface area contributed by atoms with Crippen molar-refractivity contribution in [3.63, 3.8) is 0 Å². The molecule has 0 aliphatic carbocycles. The van der Waals surface area contributed by atoms with Gasteiger partial charge in [-0.2, -0.15) is 5.10 Å². The summed E-state index contributed by atoms with van der Waals surface area (Å²) in [4.78, 5) is 24.2. The van der Waals surface area contributed by atoms with E-state index in [1.807, 2.05) is 49.4 Å². The average Bonchev–Trinajstić information content (AvgIpc) is 3.20. The third kappa shape index (κ3) is 4.56. The van der Waals surface area contributed by atoms with Crippen molar-refractivity contribution >= 4 is 29.0 Å². The molecule has 0 saturated heterocycles. The number of rotatable bonds is 6. The van der Waals surface area contributed by atoms with Crippen molar-refractivity contribution in [2.75, 3.05) is 7.11 Å². The van der Waals surface area contributed by atoms with Crippen molar-refractivity contribution < 1.29 is 19.1 Å². The molecule has 0 bridgehead atoms. The molecule has 3 rings (SSSR count). The van der Waals surface area contributed by atoms with Crippen LogP contribution in [-0.4, -0.2) is 29.4 Å². The number of amides is 1. The number of methoxy groups -OCH3 is 1. The molecule has 0 aliphatic rings. The molecule has 7 heteroatoms. The second-order valence-corrected chi connectivity index (χ2v) is 6.10. The van der Waals surface area contributed by atoms with E-state index >= 15 is 0 Å². The first-order chi connectivity index (χ1) is 13.6. The molecule has 0 fully saturated rings. The lowest BCUT2D eigenvalue weighted by atomic mass is 10.0. The van der Waals surface area contributed by atoms with Crippen molar-refractivity contribution in [3.05, 3.63) is 71.0 Å². The quantitative estimate of drug-likeness (QED) is 0.504. The first-order valence-corrected chi connectivity index (χ1v) is 8.84. The first kappa shape index (κ1) is 19.2. The third-order valence-corrected chi connectivity index (χ3v) is 4.20. The van der Waals surface area contributed by atoms with Gasteiger partial charge in [0.2, 0.25) is 0 Å². The number of aromatic amines is 1. The number of hydrogen-bond acceptors (Lipinski definition) is 5. The Morgan fingerprint density at radius 3 is 2.71 bits per heavy atom. The Kier molecular flexibility index (Phi) is 6.06. The van der Waals surface area contributed by atoms with Gasteiger partial charge in [0, 0.05) is 5.39 Å². The lowest BCUT2D eigenvalue weighted by Crippen LogP contribution is -2.28. The van der Waals surface area contributed by atoms with Gasteiger partial charge in [-0.1, -0.05) is 37.3 Å². The number of nitrogens with zero attached hydrogens (tertiary/aromatic N) is 1. The van der Waals surface area contributed by atoms with E-state index in [0.717, 1.165) is 34.0 Å². The Morgan fingerprint density at radius 2 is 2.00 bits per heavy atom. The van der Waals surface area contributed by atoms with E-state index in [1.54, 1.807) is 12.3 Å². The Bertz CT molecular complexity index is 1010. The van der Waals surface area contributed by atoms with Gasteiger partial charge in [0.25, 0.3) is 0 Å². The molecule has 144 valence electrons. The fourth-order valence-electron chi connectivity index (χ4n) is 2.81. The van der Waals surface area contributed by atoms with Crippen LogP contribution in [0.15, 0.2) is 54.4 Å². The number of hydrogen-bond donors (Lipinski definition) is 2. The van der Waals surface area contributed by atoms with E-state index < -0.39 is 12.1 Å². The predicted octanol–water partition coefficient (Wildman–Crippen LogP) is 3.57. The highest BCUT2D eigenvalue weighted by molar-refractivity contribution is 5.97. The molecule has 0 unspecified atom stereocenters. The molecule has 1 amide bonds. The number of aryl methyl sites for hydroxylation is 1. The number of fused-ring (bicyclic) bond motifs is 1. The van der Waals surface area contributed by atoms with Gasteiger partial charge < -0.3 is 9.47 Å². The van der Waals surface area contributed by atoms with Crippen molar-refractivity contribution in [3.8, 4) is 0 Å². The molecule has 0 saturated carbocycles. The minimum absolute atomic E-state index is 0.00883. The van der Waals surface area contributed by atoms with Crippen molar-refractivity contribution in [2.24, 2.45) is 0 Å². The number of carbonyl (C=O) groups excluding carboxylic acids is 2. The number of ether oxygens (including phenoxy) is 2. The molecular weight excluding hydrogens is 358 g/mol. The average molecular weight is 379 g/mol. The van der Waals surface area contributed by atoms with Crippen molar-refractivity contribution in [2.45, 2.75) is 20.0 Å². The maximum Gasteiger partial charge on any atom is 0.412 e. The zero-order chi connectivity index (χ0) is 19.9. The van der Waals surface area contributed by atoms with E-state index in [-0.39, 0.29) is 12.3 Å². The number of aromatic nitrogens is 2. The molecule has 2 N–H and O–H groups in total. The summed E-state index contributed by atoms with van der Waals surface area (Å²) in [5.41, 5.74) is 3.59. The van der Waals surface area contributed by atoms with Crippen LogP contribution in [0.2, 0.25) is 0 Å². The Hall–Kier alpha value is -3.61. The fourth-order valence-corrected chi connectivity index (χ4v) is 2.81. The highest BCUT2D eigenvalue weighted by Crippen LogP contribution is 2.21. The van der Waals surface area contributed by atoms with Gasteiger partial charge in [-0.3, -0.25) is 10.4 Å². The predicted molar refractivity (Wildman–Crippen MR) is 105 cm³/mol. The summed E-state index contributed by atoms with van der Waals surface area (Å²) >= 11 is 0. The number of alkyl carbamates (subject to hydrolysis) is 1. The van der Waals surface area contributed by atoms with E-state index in [1.165, 1.54) is 7.11 Å². The maximum absolute atomic E-state index is 12.1. The van der Waals surface area contributed by atoms with Gasteiger partial charge in [-0.05, 0) is 41.3 Å². The van der Waals surface area contributed by atoms with Gasteiger partial charge >= 0.3 is 12.1 Å². The highest BCUT2D eigenvalue weighted by atomic mass is 16.6. The highest BCUT2D eigenvalue weighted by Gasteiger charge is 2.15. The van der Waals surface area contributed by atoms with Crippen LogP contribution in [0.4, 0.5) is 4.79 Å². The lowest BCUT2D eigenvalue weighted by molar-refractivity contribution is -0.136. The molecule has 0 aliphatic heterocycles. The molecule has 3 aromatic rings. The number of H-pyrrole nitrogens is 1. The Labute approximate surface area is 162 Å². The molecule has 7 nitrogen and oxygen atoms in total. The van der Waals surface area contributed by atoms with Gasteiger partial charge in [-0.25, -0.2) is 9.59 Å². The molecule has 2 aromatic carbocycles. The molecule has 1 heterocycles. The summed E-state index contributed by atoms with van der Waals surface area (Å²) in [5, 5.41) is 10.4. The van der Waals surface area contributed by atoms with E-state index in [2.05, 4.69) is 15.5 Å². The second-order valence-electron chi connectivity index (χ2n) is 6.10. The number of benzene rings is 2. The monoisotopic (exact) mass is 379 g/mol. The summed E-state index contributed by atoms with van der Waals surface area (Å²) < 4.78 is 9.96. The van der Waals surface area contributed by atoms with E-state index in [9.17, 15) is 9.59 Å². The van der Waals surface area contributed by atoms with Crippen molar-refractivity contribution in [1.82, 2.24) is 15.5 Å². The van der Waals surface area contributed by atoms with Gasteiger partial charge in [-0.15, -0.1) is 0 Å². The molecule has 0 spiro atoms. The van der Waals surface area contributed by atoms with Crippen LogP contribution >= 0.6 is 0 Å². The summed E-state index contributed by atoms with van der Waals surface area (Å²) in [7, 11) is 1.25. The second kappa shape index (κ2) is 8.85. The molecule has 0 atom stereocenters. The smallest absolute Gasteiger partial charge is 0.412 e. The molecule has 1 aromatic heterocycles. The Morgan fingerprint density at radius 1 is 1.21 bits per heavy atom. The van der Waals surface area contributed by atoms with Gasteiger partial charge in [0.05, 0.1) is 18.8 Å². The summed E-state index contributed by atoms with van der Waals surface area (Å²) in [5.74, 6) is -0.665. The standard InChI is InChI=1S/C21H21N3O4/c1-3-16-9-15(10-17-12-22-24-19(16)17)11-18(20(25)27-2)23-21(26)28-13-14-7-5-4-6-8-14/h4-12H,3,13H2,1-2H3,(H,22,24)(H,23,26). The summed E-state index contributed by atoms with van der Waals surface area (Å²) in [6.07, 6.45) is 3.33. The van der Waals surface area contributed by atoms with Crippen molar-refractivity contribution in [1.29, 1.82) is 0 Å². The van der Waals surface area contributed by atoms with Crippen LogP contribution in [0.25, 0.3) is 17.0 Å². The zero-order valence-electron chi connectivity index (χ0n) is 15.7. The van der Waals surface area contributed by atoms with Gasteiger partial charge in [0.15, 0.2) is 0 Å². The summed E-state index contributed by atoms with van der Waals surface area (Å²) in [6.45, 7) is 2.13. The molecular formula is C21H21N3O4. The minimum Gasteiger partial charge on any atom is -0.464 e. The third-order valence-electron chi connectivity index (χ3n) is 4.20. The van der Waals surface area contributed by atoms with Crippen LogP contribution in [0.1, 0.15) is 23.6 Å². The van der Waals surface area contributed by atoms with Crippen LogP contribution < -0.4 is 5.32 Å².